The first-order valence-corrected chi connectivity index (χ1v) is 12.5. The SMILES string of the molecule is Cc1nc2ccc(C(O[SiH2]C(C)(C)C)(c3ccccc3)c3ccccc3)cn2c1CC(N)=O. The molecule has 0 spiro atoms. The first-order chi connectivity index (χ1) is 15.7. The zero-order valence-corrected chi connectivity index (χ0v) is 21.1. The zero-order valence-electron chi connectivity index (χ0n) is 19.7. The Morgan fingerprint density at radius 1 is 0.939 bits per heavy atom. The third-order valence-corrected chi connectivity index (χ3v) is 7.19. The number of nitrogens with zero attached hydrogens (tertiary/aromatic N) is 2. The molecule has 2 aromatic carbocycles. The van der Waals surface area contributed by atoms with Crippen LogP contribution in [0, 0.1) is 6.92 Å². The molecule has 33 heavy (non-hydrogen) atoms. The number of nitrogens with two attached hydrogens (primary N) is 1. The number of hydrogen-bond acceptors (Lipinski definition) is 3. The Kier molecular flexibility index (Phi) is 6.23. The standard InChI is InChI=1S/C27H31N3O2Si/c1-19-23(17-24(28)31)30-18-22(15-16-25(30)29-19)27(32-33-26(2,3)4,20-11-7-5-8-12-20)21-13-9-6-10-14-21/h5-16,18H,17,33H2,1-4H3,(H2,28,31). The molecule has 5 nitrogen and oxygen atoms in total. The van der Waals surface area contributed by atoms with E-state index in [-0.39, 0.29) is 17.4 Å². The minimum Gasteiger partial charge on any atom is -0.406 e. The lowest BCUT2D eigenvalue weighted by molar-refractivity contribution is -0.117. The molecule has 1 amide bonds. The molecule has 0 aliphatic rings. The molecule has 0 radical (unpaired) electrons. The van der Waals surface area contributed by atoms with Gasteiger partial charge in [0.15, 0.2) is 9.76 Å². The molecule has 0 unspecified atom stereocenters. The van der Waals surface area contributed by atoms with Crippen molar-refractivity contribution in [3.8, 4) is 0 Å². The van der Waals surface area contributed by atoms with Gasteiger partial charge in [-0.1, -0.05) is 87.5 Å². The second kappa shape index (κ2) is 8.96. The highest BCUT2D eigenvalue weighted by Gasteiger charge is 2.39. The van der Waals surface area contributed by atoms with E-state index in [0.29, 0.717) is 0 Å². The maximum Gasteiger partial charge on any atom is 0.223 e. The second-order valence-electron chi connectivity index (χ2n) is 9.70. The van der Waals surface area contributed by atoms with Crippen molar-refractivity contribution in [2.45, 2.75) is 44.8 Å². The molecule has 170 valence electrons. The molecule has 0 saturated carbocycles. The largest absolute Gasteiger partial charge is 0.406 e. The van der Waals surface area contributed by atoms with Crippen LogP contribution in [0.2, 0.25) is 5.04 Å². The van der Waals surface area contributed by atoms with Crippen LogP contribution in [0.3, 0.4) is 0 Å². The molecule has 4 rings (SSSR count). The smallest absolute Gasteiger partial charge is 0.223 e. The summed E-state index contributed by atoms with van der Waals surface area (Å²) in [5.41, 5.74) is 10.3. The summed E-state index contributed by atoms with van der Waals surface area (Å²) in [6, 6.07) is 24.8. The maximum atomic E-state index is 11.8. The van der Waals surface area contributed by atoms with Crippen LogP contribution in [0.4, 0.5) is 0 Å². The average Bonchev–Trinajstić information content (AvgIpc) is 3.09. The monoisotopic (exact) mass is 457 g/mol. The number of imidazole rings is 1. The van der Waals surface area contributed by atoms with Gasteiger partial charge in [-0.05, 0) is 29.2 Å². The van der Waals surface area contributed by atoms with Gasteiger partial charge in [0.25, 0.3) is 0 Å². The number of primary amides is 1. The van der Waals surface area contributed by atoms with E-state index in [2.05, 4.69) is 62.3 Å². The molecule has 0 aliphatic carbocycles. The van der Waals surface area contributed by atoms with Crippen molar-refractivity contribution in [1.29, 1.82) is 0 Å². The van der Waals surface area contributed by atoms with E-state index in [9.17, 15) is 4.79 Å². The Hall–Kier alpha value is -3.22. The van der Waals surface area contributed by atoms with Gasteiger partial charge in [-0.15, -0.1) is 0 Å². The van der Waals surface area contributed by atoms with Gasteiger partial charge in [0, 0.05) is 11.8 Å². The minimum absolute atomic E-state index is 0.0988. The van der Waals surface area contributed by atoms with Crippen LogP contribution >= 0.6 is 0 Å². The number of aryl methyl sites for hydroxylation is 1. The molecule has 0 fully saturated rings. The van der Waals surface area contributed by atoms with Gasteiger partial charge >= 0.3 is 0 Å². The Bertz CT molecular complexity index is 1220. The normalized spacial score (nSPS) is 12.6. The zero-order chi connectivity index (χ0) is 23.6. The van der Waals surface area contributed by atoms with Gasteiger partial charge in [0.1, 0.15) is 11.2 Å². The molecule has 2 N–H and O–H groups in total. The summed E-state index contributed by atoms with van der Waals surface area (Å²) >= 11 is 0. The molecular weight excluding hydrogens is 426 g/mol. The summed E-state index contributed by atoms with van der Waals surface area (Å²) in [7, 11) is -0.959. The van der Waals surface area contributed by atoms with E-state index in [1.807, 2.05) is 53.8 Å². The van der Waals surface area contributed by atoms with Crippen molar-refractivity contribution >= 4 is 21.3 Å². The van der Waals surface area contributed by atoms with Crippen LogP contribution < -0.4 is 5.73 Å². The van der Waals surface area contributed by atoms with E-state index in [4.69, 9.17) is 10.2 Å². The molecule has 2 heterocycles. The van der Waals surface area contributed by atoms with Gasteiger partial charge in [-0.25, -0.2) is 4.98 Å². The van der Waals surface area contributed by atoms with Crippen LogP contribution in [0.25, 0.3) is 5.65 Å². The molecule has 6 heteroatoms. The second-order valence-corrected chi connectivity index (χ2v) is 12.4. The van der Waals surface area contributed by atoms with Crippen LogP contribution in [0.1, 0.15) is 48.8 Å². The lowest BCUT2D eigenvalue weighted by Crippen LogP contribution is -2.36. The number of amides is 1. The Morgan fingerprint density at radius 2 is 1.52 bits per heavy atom. The van der Waals surface area contributed by atoms with Gasteiger partial charge in [-0.3, -0.25) is 4.79 Å². The minimum atomic E-state index is -0.959. The maximum absolute atomic E-state index is 11.8. The van der Waals surface area contributed by atoms with E-state index >= 15 is 0 Å². The van der Waals surface area contributed by atoms with Crippen molar-refractivity contribution in [2.24, 2.45) is 5.73 Å². The van der Waals surface area contributed by atoms with Crippen LogP contribution in [0.15, 0.2) is 79.0 Å². The highest BCUT2D eigenvalue weighted by atomic mass is 28.2. The Balaban J connectivity index is 2.01. The van der Waals surface area contributed by atoms with E-state index in [1.165, 1.54) is 0 Å². The van der Waals surface area contributed by atoms with Crippen LogP contribution in [-0.2, 0) is 21.2 Å². The lowest BCUT2D eigenvalue weighted by atomic mass is 9.81. The summed E-state index contributed by atoms with van der Waals surface area (Å²) in [5.74, 6) is -0.376. The number of hydrogen-bond donors (Lipinski definition) is 1. The molecule has 0 atom stereocenters. The summed E-state index contributed by atoms with van der Waals surface area (Å²) < 4.78 is 9.03. The fourth-order valence-electron chi connectivity index (χ4n) is 4.22. The van der Waals surface area contributed by atoms with Gasteiger partial charge in [-0.2, -0.15) is 0 Å². The van der Waals surface area contributed by atoms with Crippen molar-refractivity contribution in [2.75, 3.05) is 0 Å². The summed E-state index contributed by atoms with van der Waals surface area (Å²) in [6.07, 6.45) is 2.20. The highest BCUT2D eigenvalue weighted by Crippen LogP contribution is 2.42. The predicted molar refractivity (Wildman–Crippen MR) is 135 cm³/mol. The highest BCUT2D eigenvalue weighted by molar-refractivity contribution is 6.32. The Morgan fingerprint density at radius 3 is 2.03 bits per heavy atom. The van der Waals surface area contributed by atoms with Gasteiger partial charge < -0.3 is 14.6 Å². The quantitative estimate of drug-likeness (QED) is 0.421. The number of aromatic nitrogens is 2. The number of fused-ring (bicyclic) bond motifs is 1. The van der Waals surface area contributed by atoms with Crippen molar-refractivity contribution in [1.82, 2.24) is 9.38 Å². The molecule has 0 aliphatic heterocycles. The topological polar surface area (TPSA) is 69.6 Å². The van der Waals surface area contributed by atoms with E-state index in [0.717, 1.165) is 33.7 Å². The number of pyridine rings is 1. The van der Waals surface area contributed by atoms with Crippen molar-refractivity contribution in [3.63, 3.8) is 0 Å². The fourth-order valence-corrected chi connectivity index (χ4v) is 5.37. The summed E-state index contributed by atoms with van der Waals surface area (Å²) in [4.78, 5) is 16.4. The van der Waals surface area contributed by atoms with Gasteiger partial charge in [0.2, 0.25) is 5.91 Å². The predicted octanol–water partition coefficient (Wildman–Crippen LogP) is 4.28. The summed E-state index contributed by atoms with van der Waals surface area (Å²) in [6.45, 7) is 8.60. The van der Waals surface area contributed by atoms with E-state index < -0.39 is 15.4 Å². The third kappa shape index (κ3) is 4.63. The van der Waals surface area contributed by atoms with Crippen LogP contribution in [0.5, 0.6) is 0 Å². The van der Waals surface area contributed by atoms with Crippen molar-refractivity contribution in [3.05, 3.63) is 107 Å². The average molecular weight is 458 g/mol. The van der Waals surface area contributed by atoms with E-state index in [1.54, 1.807) is 0 Å². The number of rotatable bonds is 7. The van der Waals surface area contributed by atoms with Crippen molar-refractivity contribution < 1.29 is 9.22 Å². The lowest BCUT2D eigenvalue weighted by Gasteiger charge is -2.38. The number of carbonyl (C=O) groups excluding carboxylic acids is 1. The summed E-state index contributed by atoms with van der Waals surface area (Å²) in [5, 5.41) is 0.0988. The van der Waals surface area contributed by atoms with Crippen LogP contribution in [-0.4, -0.2) is 25.1 Å². The third-order valence-electron chi connectivity index (χ3n) is 5.75. The molecule has 0 bridgehead atoms. The molecule has 4 aromatic rings. The number of carbonyl (C=O) groups is 1. The fraction of sp³-hybridized carbons (Fsp3) is 0.259. The number of benzene rings is 2. The Labute approximate surface area is 197 Å². The molecule has 2 aromatic heterocycles. The molecular formula is C27H31N3O2Si. The first kappa shape index (κ1) is 23.0. The first-order valence-electron chi connectivity index (χ1n) is 11.2. The molecule has 0 saturated heterocycles. The van der Waals surface area contributed by atoms with Gasteiger partial charge in [0.05, 0.1) is 17.8 Å².